The predicted octanol–water partition coefficient (Wildman–Crippen LogP) is 2.62. The van der Waals surface area contributed by atoms with Gasteiger partial charge in [-0.1, -0.05) is 0 Å². The average Bonchev–Trinajstić information content (AvgIpc) is 3.21. The molecule has 0 atom stereocenters. The molecule has 31 heavy (non-hydrogen) atoms. The highest BCUT2D eigenvalue weighted by Gasteiger charge is 2.17. The van der Waals surface area contributed by atoms with Crippen molar-refractivity contribution in [3.05, 3.63) is 77.2 Å². The Labute approximate surface area is 176 Å². The van der Waals surface area contributed by atoms with Crippen LogP contribution in [0.1, 0.15) is 10.4 Å². The third-order valence-corrected chi connectivity index (χ3v) is 4.32. The summed E-state index contributed by atoms with van der Waals surface area (Å²) in [5.41, 5.74) is 0.908. The molecular weight excluding hydrogens is 400 g/mol. The Balaban J connectivity index is 1.47. The lowest BCUT2D eigenvalue weighted by atomic mass is 10.2. The number of H-pyrrole nitrogens is 1. The summed E-state index contributed by atoms with van der Waals surface area (Å²) in [5.74, 6) is 0.844. The summed E-state index contributed by atoms with van der Waals surface area (Å²) in [6.07, 6.45) is 8.09. The molecule has 1 amide bonds. The molecule has 4 aromatic heterocycles. The largest absolute Gasteiger partial charge is 0.496 e. The van der Waals surface area contributed by atoms with Crippen molar-refractivity contribution in [1.82, 2.24) is 24.7 Å². The van der Waals surface area contributed by atoms with Crippen LogP contribution >= 0.6 is 0 Å². The topological polar surface area (TPSA) is 124 Å². The number of aromatic nitrogens is 5. The number of nitrogens with one attached hydrogen (secondary N) is 2. The van der Waals surface area contributed by atoms with Crippen LogP contribution in [0.3, 0.4) is 0 Å². The van der Waals surface area contributed by atoms with E-state index >= 15 is 0 Å². The number of rotatable bonds is 6. The maximum Gasteiger partial charge on any atom is 0.266 e. The standard InChI is InChI=1S/C21H18N6O4/c1-27-12-13(10-25-27)16-9-14(5-7-22-16)31-15-3-4-18(24-11-15)26-21(29)19-17(30-2)6-8-23-20(19)28/h3-12H,1-2H3,(H,23,28)(H,24,26,29). The van der Waals surface area contributed by atoms with Crippen LogP contribution < -0.4 is 20.3 Å². The summed E-state index contributed by atoms with van der Waals surface area (Å²) in [4.78, 5) is 35.4. The van der Waals surface area contributed by atoms with E-state index in [9.17, 15) is 9.59 Å². The van der Waals surface area contributed by atoms with E-state index in [1.54, 1.807) is 41.3 Å². The van der Waals surface area contributed by atoms with Gasteiger partial charge in [0.05, 0.1) is 25.2 Å². The summed E-state index contributed by atoms with van der Waals surface area (Å²) < 4.78 is 12.6. The van der Waals surface area contributed by atoms with E-state index in [-0.39, 0.29) is 17.1 Å². The molecule has 10 nitrogen and oxygen atoms in total. The van der Waals surface area contributed by atoms with Gasteiger partial charge in [-0.2, -0.15) is 5.10 Å². The zero-order valence-electron chi connectivity index (χ0n) is 16.7. The van der Waals surface area contributed by atoms with Crippen molar-refractivity contribution in [2.24, 2.45) is 7.05 Å². The lowest BCUT2D eigenvalue weighted by Gasteiger charge is -2.09. The first-order valence-corrected chi connectivity index (χ1v) is 9.19. The monoisotopic (exact) mass is 418 g/mol. The normalized spacial score (nSPS) is 10.5. The Morgan fingerprint density at radius 1 is 1.13 bits per heavy atom. The minimum absolute atomic E-state index is 0.133. The van der Waals surface area contributed by atoms with Crippen molar-refractivity contribution >= 4 is 11.7 Å². The van der Waals surface area contributed by atoms with Crippen LogP contribution in [-0.4, -0.2) is 37.7 Å². The van der Waals surface area contributed by atoms with E-state index in [1.807, 2.05) is 13.2 Å². The number of hydrogen-bond donors (Lipinski definition) is 2. The van der Waals surface area contributed by atoms with Gasteiger partial charge in [0.1, 0.15) is 28.6 Å². The first kappa shape index (κ1) is 19.8. The molecule has 0 aliphatic carbocycles. The van der Waals surface area contributed by atoms with Crippen LogP contribution in [0, 0.1) is 0 Å². The average molecular weight is 418 g/mol. The van der Waals surface area contributed by atoms with Crippen molar-refractivity contribution < 1.29 is 14.3 Å². The van der Waals surface area contributed by atoms with E-state index in [2.05, 4.69) is 25.4 Å². The van der Waals surface area contributed by atoms with Crippen molar-refractivity contribution in [2.45, 2.75) is 0 Å². The highest BCUT2D eigenvalue weighted by Crippen LogP contribution is 2.25. The Kier molecular flexibility index (Phi) is 5.43. The number of hydrogen-bond acceptors (Lipinski definition) is 7. The number of aromatic amines is 1. The number of carbonyl (C=O) groups is 1. The van der Waals surface area contributed by atoms with Crippen LogP contribution in [0.15, 0.2) is 66.1 Å². The van der Waals surface area contributed by atoms with Crippen LogP contribution in [0.4, 0.5) is 5.82 Å². The molecule has 0 aliphatic heterocycles. The first-order chi connectivity index (χ1) is 15.0. The fourth-order valence-corrected chi connectivity index (χ4v) is 2.86. The Morgan fingerprint density at radius 2 is 2.00 bits per heavy atom. The molecule has 0 unspecified atom stereocenters. The summed E-state index contributed by atoms with van der Waals surface area (Å²) in [6.45, 7) is 0. The van der Waals surface area contributed by atoms with Gasteiger partial charge in [0.15, 0.2) is 0 Å². The summed E-state index contributed by atoms with van der Waals surface area (Å²) >= 11 is 0. The Bertz CT molecular complexity index is 1280. The number of ether oxygens (including phenoxy) is 2. The van der Waals surface area contributed by atoms with E-state index in [0.717, 1.165) is 11.3 Å². The van der Waals surface area contributed by atoms with Gasteiger partial charge in [-0.3, -0.25) is 19.3 Å². The second kappa shape index (κ2) is 8.49. The van der Waals surface area contributed by atoms with E-state index in [1.165, 1.54) is 25.6 Å². The fraction of sp³-hybridized carbons (Fsp3) is 0.0952. The van der Waals surface area contributed by atoms with Crippen LogP contribution in [0.2, 0.25) is 0 Å². The minimum Gasteiger partial charge on any atom is -0.496 e. The molecule has 2 N–H and O–H groups in total. The molecule has 0 aromatic carbocycles. The van der Waals surface area contributed by atoms with E-state index in [0.29, 0.717) is 11.5 Å². The maximum absolute atomic E-state index is 12.5. The highest BCUT2D eigenvalue weighted by molar-refractivity contribution is 6.05. The molecule has 0 fully saturated rings. The van der Waals surface area contributed by atoms with Gasteiger partial charge in [0.25, 0.3) is 11.5 Å². The van der Waals surface area contributed by atoms with Gasteiger partial charge in [-0.15, -0.1) is 0 Å². The zero-order valence-corrected chi connectivity index (χ0v) is 16.7. The molecule has 0 radical (unpaired) electrons. The molecule has 0 saturated heterocycles. The minimum atomic E-state index is -0.630. The second-order valence-corrected chi connectivity index (χ2v) is 6.46. The van der Waals surface area contributed by atoms with Crippen molar-refractivity contribution in [3.8, 4) is 28.5 Å². The molecular formula is C21H18N6O4. The fourth-order valence-electron chi connectivity index (χ4n) is 2.86. The highest BCUT2D eigenvalue weighted by atomic mass is 16.5. The number of methoxy groups -OCH3 is 1. The Hall–Kier alpha value is -4.47. The van der Waals surface area contributed by atoms with Gasteiger partial charge >= 0.3 is 0 Å². The van der Waals surface area contributed by atoms with Gasteiger partial charge in [-0.05, 0) is 24.3 Å². The molecule has 4 rings (SSSR count). The Morgan fingerprint density at radius 3 is 2.71 bits per heavy atom. The quantitative estimate of drug-likeness (QED) is 0.493. The maximum atomic E-state index is 12.5. The number of pyridine rings is 3. The van der Waals surface area contributed by atoms with Crippen molar-refractivity contribution in [2.75, 3.05) is 12.4 Å². The van der Waals surface area contributed by atoms with Gasteiger partial charge < -0.3 is 19.8 Å². The number of anilines is 1. The van der Waals surface area contributed by atoms with Gasteiger partial charge in [0.2, 0.25) is 0 Å². The number of carbonyl (C=O) groups excluding carboxylic acids is 1. The summed E-state index contributed by atoms with van der Waals surface area (Å²) in [5, 5.41) is 6.71. The molecule has 4 aromatic rings. The smallest absolute Gasteiger partial charge is 0.266 e. The number of amides is 1. The summed E-state index contributed by atoms with van der Waals surface area (Å²) in [6, 6.07) is 8.23. The lowest BCUT2D eigenvalue weighted by molar-refractivity contribution is 0.102. The van der Waals surface area contributed by atoms with Gasteiger partial charge in [-0.25, -0.2) is 4.98 Å². The molecule has 0 saturated carbocycles. The van der Waals surface area contributed by atoms with Crippen molar-refractivity contribution in [3.63, 3.8) is 0 Å². The SMILES string of the molecule is COc1cc[nH]c(=O)c1C(=O)Nc1ccc(Oc2ccnc(-c3cnn(C)c3)c2)cn1. The molecule has 0 aliphatic rings. The molecule has 0 spiro atoms. The molecule has 156 valence electrons. The number of aryl methyl sites for hydroxylation is 1. The van der Waals surface area contributed by atoms with Crippen LogP contribution in [-0.2, 0) is 7.05 Å². The van der Waals surface area contributed by atoms with Crippen LogP contribution in [0.5, 0.6) is 17.2 Å². The third kappa shape index (κ3) is 4.42. The zero-order chi connectivity index (χ0) is 21.8. The van der Waals surface area contributed by atoms with Crippen LogP contribution in [0.25, 0.3) is 11.3 Å². The van der Waals surface area contributed by atoms with Gasteiger partial charge in [0, 0.05) is 37.3 Å². The molecule has 0 bridgehead atoms. The van der Waals surface area contributed by atoms with Crippen molar-refractivity contribution in [1.29, 1.82) is 0 Å². The molecule has 4 heterocycles. The molecule has 10 heteroatoms. The second-order valence-electron chi connectivity index (χ2n) is 6.46. The van der Waals surface area contributed by atoms with E-state index < -0.39 is 11.5 Å². The predicted molar refractivity (Wildman–Crippen MR) is 112 cm³/mol. The third-order valence-electron chi connectivity index (χ3n) is 4.32. The first-order valence-electron chi connectivity index (χ1n) is 9.19. The summed E-state index contributed by atoms with van der Waals surface area (Å²) in [7, 11) is 3.22. The lowest BCUT2D eigenvalue weighted by Crippen LogP contribution is -2.24. The number of nitrogens with zero attached hydrogens (tertiary/aromatic N) is 4. The van der Waals surface area contributed by atoms with E-state index in [4.69, 9.17) is 9.47 Å².